The maximum absolute atomic E-state index is 11.9. The van der Waals surface area contributed by atoms with E-state index in [0.717, 1.165) is 27.9 Å². The Labute approximate surface area is 118 Å². The number of carbonyl (C=O) groups excluding carboxylic acids is 2. The van der Waals surface area contributed by atoms with Crippen LogP contribution in [0.25, 0.3) is 0 Å². The zero-order valence-electron chi connectivity index (χ0n) is 12.3. The number of benzene rings is 1. The van der Waals surface area contributed by atoms with Crippen LogP contribution in [0, 0.1) is 13.8 Å². The number of anilines is 1. The lowest BCUT2D eigenvalue weighted by Crippen LogP contribution is -2.34. The Balaban J connectivity index is 2.54. The maximum Gasteiger partial charge on any atom is 0.251 e. The number of nitrogens with one attached hydrogen (secondary N) is 1. The average Bonchev–Trinajstić information content (AvgIpc) is 2.46. The van der Waals surface area contributed by atoms with Crippen molar-refractivity contribution in [2.75, 3.05) is 12.4 Å². The first-order valence-electron chi connectivity index (χ1n) is 6.63. The van der Waals surface area contributed by atoms with Gasteiger partial charge in [-0.15, -0.1) is 0 Å². The van der Waals surface area contributed by atoms with E-state index in [1.165, 1.54) is 11.8 Å². The highest BCUT2D eigenvalue weighted by Gasteiger charge is 2.27. The minimum Gasteiger partial charge on any atom is -0.383 e. The number of carbonyl (C=O) groups is 2. The number of likely N-dealkylation sites (N-methyl/N-ethyl adjacent to an activating group) is 1. The van der Waals surface area contributed by atoms with Crippen molar-refractivity contribution in [2.24, 2.45) is 0 Å². The fourth-order valence-electron chi connectivity index (χ4n) is 2.74. The van der Waals surface area contributed by atoms with Crippen molar-refractivity contribution >= 4 is 17.5 Å². The number of aliphatic hydroxyl groups excluding tert-OH is 1. The Morgan fingerprint density at radius 2 is 2.10 bits per heavy atom. The second kappa shape index (κ2) is 5.25. The lowest BCUT2D eigenvalue weighted by atomic mass is 9.94. The second-order valence-electron chi connectivity index (χ2n) is 5.43. The van der Waals surface area contributed by atoms with E-state index >= 15 is 0 Å². The molecule has 1 unspecified atom stereocenters. The quantitative estimate of drug-likeness (QED) is 0.808. The smallest absolute Gasteiger partial charge is 0.251 e. The van der Waals surface area contributed by atoms with Crippen molar-refractivity contribution in [3.8, 4) is 0 Å². The Hall–Kier alpha value is -1.88. The summed E-state index contributed by atoms with van der Waals surface area (Å²) in [6, 6.07) is 1.95. The normalized spacial score (nSPS) is 18.6. The minimum absolute atomic E-state index is 0.116. The molecule has 108 valence electrons. The Morgan fingerprint density at radius 1 is 1.45 bits per heavy atom. The summed E-state index contributed by atoms with van der Waals surface area (Å²) in [4.78, 5) is 24.7. The van der Waals surface area contributed by atoms with E-state index in [9.17, 15) is 14.7 Å². The molecule has 1 aromatic rings. The molecule has 1 aromatic carbocycles. The summed E-state index contributed by atoms with van der Waals surface area (Å²) in [5.41, 5.74) is 4.68. The molecule has 0 spiro atoms. The van der Waals surface area contributed by atoms with Crippen LogP contribution in [0.4, 0.5) is 5.69 Å². The van der Waals surface area contributed by atoms with Crippen LogP contribution in [0.1, 0.15) is 29.2 Å². The highest BCUT2D eigenvalue weighted by Crippen LogP contribution is 2.30. The molecule has 0 radical (unpaired) electrons. The third-order valence-electron chi connectivity index (χ3n) is 3.77. The number of amides is 2. The molecule has 1 atom stereocenters. The van der Waals surface area contributed by atoms with Gasteiger partial charge in [-0.25, -0.2) is 0 Å². The lowest BCUT2D eigenvalue weighted by molar-refractivity contribution is -0.138. The topological polar surface area (TPSA) is 69.6 Å². The van der Waals surface area contributed by atoms with Crippen molar-refractivity contribution in [3.63, 3.8) is 0 Å². The second-order valence-corrected chi connectivity index (χ2v) is 5.43. The predicted molar refractivity (Wildman–Crippen MR) is 76.4 cm³/mol. The number of fused-ring (bicyclic) bond motifs is 1. The van der Waals surface area contributed by atoms with E-state index in [1.807, 2.05) is 19.9 Å². The van der Waals surface area contributed by atoms with E-state index < -0.39 is 6.10 Å². The number of hydrogen-bond acceptors (Lipinski definition) is 3. The van der Waals surface area contributed by atoms with Crippen molar-refractivity contribution in [3.05, 3.63) is 28.3 Å². The van der Waals surface area contributed by atoms with E-state index in [4.69, 9.17) is 0 Å². The van der Waals surface area contributed by atoms with Crippen LogP contribution >= 0.6 is 0 Å². The number of aliphatic hydroxyl groups is 1. The lowest BCUT2D eigenvalue weighted by Gasteiger charge is -2.20. The Bertz CT molecular complexity index is 581. The zero-order chi connectivity index (χ0) is 15.0. The molecule has 1 heterocycles. The standard InChI is InChI=1S/C15H20N2O3/c1-8-5-11-6-13(19)15(20)17(4)7-12(11)9(2)14(8)16-10(3)18/h5,13,19H,6-7H2,1-4H3,(H,16,18). The first kappa shape index (κ1) is 14.5. The van der Waals surface area contributed by atoms with E-state index in [-0.39, 0.29) is 11.8 Å². The molecule has 0 aliphatic carbocycles. The van der Waals surface area contributed by atoms with E-state index in [1.54, 1.807) is 7.05 Å². The Kier molecular flexibility index (Phi) is 3.81. The van der Waals surface area contributed by atoms with Gasteiger partial charge in [-0.1, -0.05) is 6.07 Å². The van der Waals surface area contributed by atoms with Gasteiger partial charge in [0.2, 0.25) is 5.91 Å². The summed E-state index contributed by atoms with van der Waals surface area (Å²) in [5.74, 6) is -0.381. The molecular weight excluding hydrogens is 256 g/mol. The van der Waals surface area contributed by atoms with Crippen LogP contribution in [-0.4, -0.2) is 35.0 Å². The van der Waals surface area contributed by atoms with Crippen molar-refractivity contribution in [1.82, 2.24) is 4.90 Å². The molecule has 2 rings (SSSR count). The summed E-state index contributed by atoms with van der Waals surface area (Å²) in [7, 11) is 1.68. The highest BCUT2D eigenvalue weighted by molar-refractivity contribution is 5.91. The molecule has 5 heteroatoms. The fraction of sp³-hybridized carbons (Fsp3) is 0.467. The summed E-state index contributed by atoms with van der Waals surface area (Å²) in [6.07, 6.45) is -0.674. The summed E-state index contributed by atoms with van der Waals surface area (Å²) in [6.45, 7) is 5.78. The van der Waals surface area contributed by atoms with Crippen LogP contribution in [0.5, 0.6) is 0 Å². The van der Waals surface area contributed by atoms with E-state index in [0.29, 0.717) is 13.0 Å². The van der Waals surface area contributed by atoms with Gasteiger partial charge in [0, 0.05) is 32.6 Å². The summed E-state index contributed by atoms with van der Waals surface area (Å²) in [5, 5.41) is 12.8. The van der Waals surface area contributed by atoms with Crippen molar-refractivity contribution < 1.29 is 14.7 Å². The highest BCUT2D eigenvalue weighted by atomic mass is 16.3. The number of nitrogens with zero attached hydrogens (tertiary/aromatic N) is 1. The van der Waals surface area contributed by atoms with Crippen LogP contribution < -0.4 is 5.32 Å². The van der Waals surface area contributed by atoms with Gasteiger partial charge >= 0.3 is 0 Å². The van der Waals surface area contributed by atoms with Gasteiger partial charge in [0.15, 0.2) is 0 Å². The minimum atomic E-state index is -0.994. The SMILES string of the molecule is CC(=O)Nc1c(C)cc2c(c1C)CN(C)C(=O)C(O)C2. The van der Waals surface area contributed by atoms with Crippen LogP contribution in [-0.2, 0) is 22.6 Å². The molecule has 0 bridgehead atoms. The third kappa shape index (κ3) is 2.54. The maximum atomic E-state index is 11.9. The first-order chi connectivity index (χ1) is 9.31. The fourth-order valence-corrected chi connectivity index (χ4v) is 2.74. The summed E-state index contributed by atoms with van der Waals surface area (Å²) < 4.78 is 0. The van der Waals surface area contributed by atoms with Gasteiger partial charge in [-0.2, -0.15) is 0 Å². The monoisotopic (exact) mass is 276 g/mol. The van der Waals surface area contributed by atoms with Crippen LogP contribution in [0.3, 0.4) is 0 Å². The molecule has 20 heavy (non-hydrogen) atoms. The van der Waals surface area contributed by atoms with Crippen LogP contribution in [0.2, 0.25) is 0 Å². The van der Waals surface area contributed by atoms with Gasteiger partial charge in [0.25, 0.3) is 5.91 Å². The molecule has 0 aromatic heterocycles. The largest absolute Gasteiger partial charge is 0.383 e. The molecule has 0 saturated heterocycles. The van der Waals surface area contributed by atoms with Crippen molar-refractivity contribution in [1.29, 1.82) is 0 Å². The van der Waals surface area contributed by atoms with Gasteiger partial charge in [-0.3, -0.25) is 9.59 Å². The average molecular weight is 276 g/mol. The first-order valence-corrected chi connectivity index (χ1v) is 6.63. The van der Waals surface area contributed by atoms with E-state index in [2.05, 4.69) is 5.32 Å². The number of aryl methyl sites for hydroxylation is 1. The van der Waals surface area contributed by atoms with Crippen LogP contribution in [0.15, 0.2) is 6.07 Å². The van der Waals surface area contributed by atoms with Crippen molar-refractivity contribution in [2.45, 2.75) is 39.8 Å². The molecule has 1 aliphatic rings. The molecular formula is C15H20N2O3. The van der Waals surface area contributed by atoms with Gasteiger partial charge in [0.1, 0.15) is 6.10 Å². The summed E-state index contributed by atoms with van der Waals surface area (Å²) >= 11 is 0. The molecule has 5 nitrogen and oxygen atoms in total. The zero-order valence-corrected chi connectivity index (χ0v) is 12.3. The Morgan fingerprint density at radius 3 is 2.70 bits per heavy atom. The third-order valence-corrected chi connectivity index (χ3v) is 3.77. The van der Waals surface area contributed by atoms with Gasteiger partial charge in [0.05, 0.1) is 0 Å². The molecule has 0 fully saturated rings. The molecule has 2 N–H and O–H groups in total. The number of rotatable bonds is 1. The predicted octanol–water partition coefficient (Wildman–Crippen LogP) is 1.14. The molecule has 2 amide bonds. The molecule has 0 saturated carbocycles. The number of hydrogen-bond donors (Lipinski definition) is 2. The van der Waals surface area contributed by atoms with Gasteiger partial charge < -0.3 is 15.3 Å². The van der Waals surface area contributed by atoms with Gasteiger partial charge in [-0.05, 0) is 36.1 Å². The molecule has 1 aliphatic heterocycles.